The first-order chi connectivity index (χ1) is 11.1. The lowest BCUT2D eigenvalue weighted by Gasteiger charge is -2.09. The van der Waals surface area contributed by atoms with E-state index in [1.807, 2.05) is 19.1 Å². The molecule has 0 aliphatic carbocycles. The number of ether oxygens (including phenoxy) is 1. The number of H-pyrrole nitrogens is 1. The summed E-state index contributed by atoms with van der Waals surface area (Å²) in [5.41, 5.74) is 5.87. The fourth-order valence-corrected chi connectivity index (χ4v) is 2.60. The number of hydrogen-bond donors (Lipinski definition) is 1. The lowest BCUT2D eigenvalue weighted by molar-refractivity contribution is -0.354. The lowest BCUT2D eigenvalue weighted by atomic mass is 10.1. The number of esters is 1. The van der Waals surface area contributed by atoms with E-state index in [2.05, 4.69) is 41.5 Å². The Labute approximate surface area is 135 Å². The number of nitrogens with one attached hydrogen (secondary N) is 2. The quantitative estimate of drug-likeness (QED) is 0.749. The maximum Gasteiger partial charge on any atom is 0.337 e. The van der Waals surface area contributed by atoms with Crippen LogP contribution in [-0.4, -0.2) is 13.1 Å². The summed E-state index contributed by atoms with van der Waals surface area (Å²) in [6, 6.07) is 15.7. The Morgan fingerprint density at radius 3 is 2.48 bits per heavy atom. The van der Waals surface area contributed by atoms with Crippen molar-refractivity contribution in [2.45, 2.75) is 13.8 Å². The first kappa shape index (κ1) is 15.0. The number of aromatic amines is 1. The number of methoxy groups -OCH3 is 1. The molecule has 0 amide bonds. The third kappa shape index (κ3) is 3.16. The Hall–Kier alpha value is -2.88. The van der Waals surface area contributed by atoms with Crippen LogP contribution in [0.3, 0.4) is 0 Å². The number of aryl methyl sites for hydroxylation is 2. The smallest absolute Gasteiger partial charge is 0.337 e. The maximum absolute atomic E-state index is 11.5. The van der Waals surface area contributed by atoms with Gasteiger partial charge in [-0.2, -0.15) is 0 Å². The Bertz CT molecular complexity index is 870. The Morgan fingerprint density at radius 1 is 1.04 bits per heavy atom. The summed E-state index contributed by atoms with van der Waals surface area (Å²) in [6.07, 6.45) is 0. The van der Waals surface area contributed by atoms with Gasteiger partial charge in [-0.25, -0.2) is 9.78 Å². The molecule has 0 atom stereocenters. The molecule has 23 heavy (non-hydrogen) atoms. The minimum absolute atomic E-state index is 0.331. The van der Waals surface area contributed by atoms with Crippen LogP contribution < -0.4 is 10.3 Å². The number of aromatic nitrogens is 1. The van der Waals surface area contributed by atoms with Crippen molar-refractivity contribution in [3.8, 4) is 0 Å². The highest BCUT2D eigenvalue weighted by Crippen LogP contribution is 2.26. The van der Waals surface area contributed by atoms with Crippen molar-refractivity contribution >= 4 is 28.2 Å². The van der Waals surface area contributed by atoms with Crippen molar-refractivity contribution in [3.05, 3.63) is 65.4 Å². The van der Waals surface area contributed by atoms with E-state index >= 15 is 0 Å². The number of fused-ring (bicyclic) bond motifs is 1. The van der Waals surface area contributed by atoms with Crippen molar-refractivity contribution in [2.75, 3.05) is 12.4 Å². The van der Waals surface area contributed by atoms with Crippen LogP contribution in [0.25, 0.3) is 10.9 Å². The van der Waals surface area contributed by atoms with Crippen molar-refractivity contribution in [2.24, 2.45) is 0 Å². The molecule has 0 saturated carbocycles. The zero-order chi connectivity index (χ0) is 16.4. The number of pyridine rings is 1. The molecule has 1 heterocycles. The van der Waals surface area contributed by atoms with Gasteiger partial charge in [0.1, 0.15) is 0 Å². The normalized spacial score (nSPS) is 10.6. The van der Waals surface area contributed by atoms with Crippen LogP contribution in [0.5, 0.6) is 0 Å². The molecule has 0 unspecified atom stereocenters. The molecule has 0 fully saturated rings. The van der Waals surface area contributed by atoms with Gasteiger partial charge in [0.05, 0.1) is 23.7 Å². The van der Waals surface area contributed by atoms with Gasteiger partial charge in [0.2, 0.25) is 5.52 Å². The van der Waals surface area contributed by atoms with Gasteiger partial charge >= 0.3 is 5.97 Å². The monoisotopic (exact) mass is 307 g/mol. The zero-order valence-corrected chi connectivity index (χ0v) is 13.4. The van der Waals surface area contributed by atoms with Crippen molar-refractivity contribution < 1.29 is 14.5 Å². The highest BCUT2D eigenvalue weighted by Gasteiger charge is 2.10. The second kappa shape index (κ2) is 6.08. The van der Waals surface area contributed by atoms with E-state index < -0.39 is 0 Å². The van der Waals surface area contributed by atoms with Crippen LogP contribution >= 0.6 is 0 Å². The number of carbonyl (C=O) groups is 1. The topological polar surface area (TPSA) is 52.5 Å². The molecule has 0 spiro atoms. The highest BCUT2D eigenvalue weighted by atomic mass is 16.5. The molecular weight excluding hydrogens is 288 g/mol. The standard InChI is InChI=1S/C19H18N2O2/c1-12-4-9-17-16(10-12)18(11-13(2)20-17)21-15-7-5-14(6-8-15)19(22)23-3/h4-11H,1-3H3,(H,20,21)/p+1. The van der Waals surface area contributed by atoms with Crippen molar-refractivity contribution in [1.29, 1.82) is 0 Å². The van der Waals surface area contributed by atoms with E-state index in [1.165, 1.54) is 12.7 Å². The first-order valence-electron chi connectivity index (χ1n) is 7.45. The fourth-order valence-electron chi connectivity index (χ4n) is 2.60. The second-order valence-corrected chi connectivity index (χ2v) is 5.61. The predicted octanol–water partition coefficient (Wildman–Crippen LogP) is 3.80. The van der Waals surface area contributed by atoms with Gasteiger partial charge in [-0.15, -0.1) is 0 Å². The van der Waals surface area contributed by atoms with E-state index in [1.54, 1.807) is 12.1 Å². The minimum Gasteiger partial charge on any atom is -0.465 e. The predicted molar refractivity (Wildman–Crippen MR) is 91.0 cm³/mol. The van der Waals surface area contributed by atoms with E-state index in [-0.39, 0.29) is 5.97 Å². The van der Waals surface area contributed by atoms with Gasteiger partial charge in [-0.05, 0) is 42.8 Å². The third-order valence-electron chi connectivity index (χ3n) is 3.74. The minimum atomic E-state index is -0.331. The molecule has 0 bridgehead atoms. The van der Waals surface area contributed by atoms with Crippen molar-refractivity contribution in [1.82, 2.24) is 0 Å². The average molecular weight is 307 g/mol. The molecule has 2 N–H and O–H groups in total. The number of hydrogen-bond acceptors (Lipinski definition) is 3. The number of rotatable bonds is 3. The lowest BCUT2D eigenvalue weighted by Crippen LogP contribution is -2.10. The SMILES string of the molecule is COC(=O)c1ccc(Nc2cc(C)[nH+]c3ccc(C)cc23)cc1. The average Bonchev–Trinajstić information content (AvgIpc) is 2.55. The molecule has 116 valence electrons. The van der Waals surface area contributed by atoms with Crippen LogP contribution in [0.4, 0.5) is 11.4 Å². The molecular formula is C19H19N2O2+. The second-order valence-electron chi connectivity index (χ2n) is 5.61. The van der Waals surface area contributed by atoms with Gasteiger partial charge in [0.25, 0.3) is 0 Å². The van der Waals surface area contributed by atoms with Crippen LogP contribution in [-0.2, 0) is 4.74 Å². The Morgan fingerprint density at radius 2 is 1.78 bits per heavy atom. The highest BCUT2D eigenvalue weighted by molar-refractivity contribution is 5.92. The molecule has 4 nitrogen and oxygen atoms in total. The molecule has 0 radical (unpaired) electrons. The van der Waals surface area contributed by atoms with E-state index in [0.29, 0.717) is 5.56 Å². The Balaban J connectivity index is 1.97. The molecule has 0 aliphatic rings. The summed E-state index contributed by atoms with van der Waals surface area (Å²) in [5, 5.41) is 4.56. The van der Waals surface area contributed by atoms with Crippen LogP contribution in [0.15, 0.2) is 48.5 Å². The maximum atomic E-state index is 11.5. The molecule has 4 heteroatoms. The summed E-state index contributed by atoms with van der Waals surface area (Å²) in [7, 11) is 1.38. The summed E-state index contributed by atoms with van der Waals surface area (Å²) in [6.45, 7) is 4.11. The molecule has 0 aliphatic heterocycles. The number of anilines is 2. The molecule has 3 aromatic rings. The summed E-state index contributed by atoms with van der Waals surface area (Å²) in [5.74, 6) is -0.331. The Kier molecular flexibility index (Phi) is 3.98. The summed E-state index contributed by atoms with van der Waals surface area (Å²) < 4.78 is 4.72. The van der Waals surface area contributed by atoms with Crippen molar-refractivity contribution in [3.63, 3.8) is 0 Å². The number of carbonyl (C=O) groups excluding carboxylic acids is 1. The van der Waals surface area contributed by atoms with Gasteiger partial charge in [0, 0.05) is 24.7 Å². The fraction of sp³-hybridized carbons (Fsp3) is 0.158. The zero-order valence-electron chi connectivity index (χ0n) is 13.4. The summed E-state index contributed by atoms with van der Waals surface area (Å²) in [4.78, 5) is 14.9. The van der Waals surface area contributed by atoms with E-state index in [0.717, 1.165) is 28.0 Å². The van der Waals surface area contributed by atoms with Gasteiger partial charge in [-0.1, -0.05) is 6.07 Å². The van der Waals surface area contributed by atoms with Gasteiger partial charge in [-0.3, -0.25) is 0 Å². The third-order valence-corrected chi connectivity index (χ3v) is 3.74. The van der Waals surface area contributed by atoms with Crippen LogP contribution in [0, 0.1) is 13.8 Å². The van der Waals surface area contributed by atoms with E-state index in [4.69, 9.17) is 4.74 Å². The molecule has 2 aromatic carbocycles. The summed E-state index contributed by atoms with van der Waals surface area (Å²) >= 11 is 0. The van der Waals surface area contributed by atoms with Crippen LogP contribution in [0.2, 0.25) is 0 Å². The molecule has 0 saturated heterocycles. The van der Waals surface area contributed by atoms with Gasteiger partial charge < -0.3 is 10.1 Å². The first-order valence-corrected chi connectivity index (χ1v) is 7.45. The van der Waals surface area contributed by atoms with E-state index in [9.17, 15) is 4.79 Å². The molecule has 1 aromatic heterocycles. The van der Waals surface area contributed by atoms with Gasteiger partial charge in [0.15, 0.2) is 5.69 Å². The molecule has 3 rings (SSSR count). The number of benzene rings is 2. The van der Waals surface area contributed by atoms with Crippen LogP contribution in [0.1, 0.15) is 21.6 Å². The largest absolute Gasteiger partial charge is 0.465 e.